The van der Waals surface area contributed by atoms with Gasteiger partial charge in [-0.25, -0.2) is 0 Å². The number of benzene rings is 1. The summed E-state index contributed by atoms with van der Waals surface area (Å²) in [6, 6.07) is 8.54. The van der Waals surface area contributed by atoms with Crippen molar-refractivity contribution in [1.29, 1.82) is 0 Å². The van der Waals surface area contributed by atoms with E-state index in [1.807, 2.05) is 11.0 Å². The van der Waals surface area contributed by atoms with Crippen LogP contribution in [0, 0.1) is 0 Å². The zero-order valence-corrected chi connectivity index (χ0v) is 11.8. The molecule has 1 saturated heterocycles. The predicted octanol–water partition coefficient (Wildman–Crippen LogP) is 1.03. The molecule has 108 valence electrons. The lowest BCUT2D eigenvalue weighted by atomic mass is 10.00. The molecule has 2 heterocycles. The fourth-order valence-corrected chi connectivity index (χ4v) is 3.29. The number of carbonyl (C=O) groups is 1. The minimum atomic E-state index is 0.163. The first-order valence-corrected chi connectivity index (χ1v) is 7.47. The minimum Gasteiger partial charge on any atom is -0.395 e. The largest absolute Gasteiger partial charge is 0.395 e. The van der Waals surface area contributed by atoms with Crippen LogP contribution in [0.5, 0.6) is 0 Å². The molecule has 1 aromatic carbocycles. The first-order valence-electron chi connectivity index (χ1n) is 7.47. The van der Waals surface area contributed by atoms with Crippen LogP contribution in [-0.4, -0.2) is 53.1 Å². The second kappa shape index (κ2) is 5.94. The smallest absolute Gasteiger partial charge is 0.237 e. The predicted molar refractivity (Wildman–Crippen MR) is 77.2 cm³/mol. The van der Waals surface area contributed by atoms with E-state index in [9.17, 15) is 9.90 Å². The van der Waals surface area contributed by atoms with Crippen molar-refractivity contribution < 1.29 is 9.90 Å². The molecule has 2 aliphatic rings. The molecule has 4 heteroatoms. The minimum absolute atomic E-state index is 0.163. The highest BCUT2D eigenvalue weighted by atomic mass is 16.3. The molecule has 1 N–H and O–H groups in total. The summed E-state index contributed by atoms with van der Waals surface area (Å²) in [6.45, 7) is 3.09. The summed E-state index contributed by atoms with van der Waals surface area (Å²) in [4.78, 5) is 16.5. The van der Waals surface area contributed by atoms with Crippen LogP contribution in [0.15, 0.2) is 24.3 Å². The third kappa shape index (κ3) is 2.72. The van der Waals surface area contributed by atoms with Crippen molar-refractivity contribution in [1.82, 2.24) is 9.80 Å². The van der Waals surface area contributed by atoms with Crippen LogP contribution in [-0.2, 0) is 17.8 Å². The highest BCUT2D eigenvalue weighted by Crippen LogP contribution is 2.20. The van der Waals surface area contributed by atoms with Gasteiger partial charge in [0.25, 0.3) is 0 Å². The van der Waals surface area contributed by atoms with Crippen molar-refractivity contribution >= 4 is 5.91 Å². The van der Waals surface area contributed by atoms with Gasteiger partial charge < -0.3 is 10.0 Å². The second-order valence-electron chi connectivity index (χ2n) is 5.78. The number of likely N-dealkylation sites (tertiary alicyclic amines) is 1. The van der Waals surface area contributed by atoms with Gasteiger partial charge in [0.2, 0.25) is 5.91 Å². The first-order chi connectivity index (χ1) is 9.78. The van der Waals surface area contributed by atoms with Crippen molar-refractivity contribution in [2.24, 2.45) is 0 Å². The van der Waals surface area contributed by atoms with Crippen molar-refractivity contribution in [3.05, 3.63) is 35.4 Å². The van der Waals surface area contributed by atoms with Gasteiger partial charge in [0.1, 0.15) is 0 Å². The molecule has 0 unspecified atom stereocenters. The number of aliphatic hydroxyl groups is 1. The summed E-state index contributed by atoms with van der Waals surface area (Å²) in [6.07, 6.45) is 3.04. The topological polar surface area (TPSA) is 43.8 Å². The van der Waals surface area contributed by atoms with E-state index in [0.29, 0.717) is 6.54 Å². The summed E-state index contributed by atoms with van der Waals surface area (Å²) in [5, 5.41) is 9.32. The summed E-state index contributed by atoms with van der Waals surface area (Å²) in [5.41, 5.74) is 2.64. The number of fused-ring (bicyclic) bond motifs is 1. The van der Waals surface area contributed by atoms with Gasteiger partial charge in [-0.3, -0.25) is 9.69 Å². The number of aliphatic hydroxyl groups excluding tert-OH is 1. The third-order valence-electron chi connectivity index (χ3n) is 4.53. The molecular formula is C16H22N2O2. The van der Waals surface area contributed by atoms with Crippen LogP contribution >= 0.6 is 0 Å². The number of hydrogen-bond acceptors (Lipinski definition) is 3. The Kier molecular flexibility index (Phi) is 4.03. The Labute approximate surface area is 120 Å². The molecule has 1 aromatic rings. The lowest BCUT2D eigenvalue weighted by Gasteiger charge is -2.31. The van der Waals surface area contributed by atoms with Crippen LogP contribution in [0.2, 0.25) is 0 Å². The second-order valence-corrected chi connectivity index (χ2v) is 5.78. The Bertz CT molecular complexity index is 489. The van der Waals surface area contributed by atoms with Crippen molar-refractivity contribution in [3.63, 3.8) is 0 Å². The molecule has 2 aliphatic heterocycles. The Morgan fingerprint density at radius 1 is 1.25 bits per heavy atom. The van der Waals surface area contributed by atoms with Gasteiger partial charge in [-0.1, -0.05) is 24.3 Å². The van der Waals surface area contributed by atoms with Gasteiger partial charge in [0.15, 0.2) is 0 Å². The van der Waals surface area contributed by atoms with E-state index in [2.05, 4.69) is 23.1 Å². The molecule has 0 radical (unpaired) electrons. The van der Waals surface area contributed by atoms with Crippen LogP contribution in [0.1, 0.15) is 24.0 Å². The maximum atomic E-state index is 12.4. The van der Waals surface area contributed by atoms with E-state index in [1.54, 1.807) is 0 Å². The molecule has 0 aromatic heterocycles. The van der Waals surface area contributed by atoms with Crippen molar-refractivity contribution in [3.8, 4) is 0 Å². The van der Waals surface area contributed by atoms with E-state index < -0.39 is 0 Å². The molecule has 4 nitrogen and oxygen atoms in total. The lowest BCUT2D eigenvalue weighted by molar-refractivity contribution is -0.133. The lowest BCUT2D eigenvalue weighted by Crippen LogP contribution is -2.44. The molecule has 0 aliphatic carbocycles. The van der Waals surface area contributed by atoms with Crippen LogP contribution in [0.3, 0.4) is 0 Å². The Balaban J connectivity index is 1.61. The number of hydrogen-bond donors (Lipinski definition) is 1. The van der Waals surface area contributed by atoms with Gasteiger partial charge in [-0.2, -0.15) is 0 Å². The number of rotatable bonds is 3. The van der Waals surface area contributed by atoms with Gasteiger partial charge in [0, 0.05) is 19.1 Å². The summed E-state index contributed by atoms with van der Waals surface area (Å²) in [7, 11) is 0. The highest BCUT2D eigenvalue weighted by Gasteiger charge is 2.28. The molecule has 20 heavy (non-hydrogen) atoms. The monoisotopic (exact) mass is 274 g/mol. The fourth-order valence-electron chi connectivity index (χ4n) is 3.29. The van der Waals surface area contributed by atoms with E-state index in [4.69, 9.17) is 0 Å². The van der Waals surface area contributed by atoms with E-state index >= 15 is 0 Å². The van der Waals surface area contributed by atoms with Crippen molar-refractivity contribution in [2.45, 2.75) is 31.8 Å². The SMILES string of the molecule is O=C(CN1CCC[C@@H]1CO)N1CCc2ccccc2C1. The van der Waals surface area contributed by atoms with Gasteiger partial charge in [0.05, 0.1) is 13.2 Å². The van der Waals surface area contributed by atoms with Gasteiger partial charge in [-0.15, -0.1) is 0 Å². The molecule has 1 amide bonds. The normalized spacial score (nSPS) is 22.9. The Morgan fingerprint density at radius 2 is 2.05 bits per heavy atom. The quantitative estimate of drug-likeness (QED) is 0.895. The van der Waals surface area contributed by atoms with Gasteiger partial charge >= 0.3 is 0 Å². The third-order valence-corrected chi connectivity index (χ3v) is 4.53. The fraction of sp³-hybridized carbons (Fsp3) is 0.562. The van der Waals surface area contributed by atoms with Crippen molar-refractivity contribution in [2.75, 3.05) is 26.2 Å². The molecule has 1 fully saturated rings. The first kappa shape index (κ1) is 13.6. The average Bonchev–Trinajstić information content (AvgIpc) is 2.94. The van der Waals surface area contributed by atoms with Crippen LogP contribution in [0.25, 0.3) is 0 Å². The Hall–Kier alpha value is -1.39. The standard InChI is InChI=1S/C16H22N2O2/c19-12-15-6-3-8-17(15)11-16(20)18-9-7-13-4-1-2-5-14(13)10-18/h1-2,4-5,15,19H,3,6-12H2/t15-/m1/s1. The Morgan fingerprint density at radius 3 is 2.85 bits per heavy atom. The number of amides is 1. The maximum absolute atomic E-state index is 12.4. The molecule has 0 spiro atoms. The summed E-state index contributed by atoms with van der Waals surface area (Å²) in [5.74, 6) is 0.194. The molecule has 0 bridgehead atoms. The number of nitrogens with zero attached hydrogens (tertiary/aromatic N) is 2. The van der Waals surface area contributed by atoms with Crippen LogP contribution in [0.4, 0.5) is 0 Å². The van der Waals surface area contributed by atoms with Crippen LogP contribution < -0.4 is 0 Å². The van der Waals surface area contributed by atoms with Gasteiger partial charge in [-0.05, 0) is 36.9 Å². The summed E-state index contributed by atoms with van der Waals surface area (Å²) < 4.78 is 0. The van der Waals surface area contributed by atoms with E-state index in [1.165, 1.54) is 11.1 Å². The number of carbonyl (C=O) groups excluding carboxylic acids is 1. The zero-order chi connectivity index (χ0) is 13.9. The molecule has 3 rings (SSSR count). The molecule has 0 saturated carbocycles. The summed E-state index contributed by atoms with van der Waals surface area (Å²) >= 11 is 0. The highest BCUT2D eigenvalue weighted by molar-refractivity contribution is 5.78. The zero-order valence-electron chi connectivity index (χ0n) is 11.8. The maximum Gasteiger partial charge on any atom is 0.237 e. The van der Waals surface area contributed by atoms with E-state index in [0.717, 1.165) is 38.9 Å². The van der Waals surface area contributed by atoms with E-state index in [-0.39, 0.29) is 18.6 Å². The molecule has 1 atom stereocenters. The average molecular weight is 274 g/mol. The molecular weight excluding hydrogens is 252 g/mol.